The van der Waals surface area contributed by atoms with E-state index in [1.807, 2.05) is 0 Å². The zero-order valence-corrected chi connectivity index (χ0v) is 15.1. The average Bonchev–Trinajstić information content (AvgIpc) is 3.00. The number of amides is 1. The van der Waals surface area contributed by atoms with Crippen molar-refractivity contribution < 1.29 is 17.2 Å². The first-order valence-electron chi connectivity index (χ1n) is 8.02. The van der Waals surface area contributed by atoms with Gasteiger partial charge in [-0.2, -0.15) is 0 Å². The van der Waals surface area contributed by atoms with Crippen LogP contribution in [0.25, 0.3) is 11.2 Å². The van der Waals surface area contributed by atoms with Crippen LogP contribution in [0.5, 0.6) is 0 Å². The standard InChI is InChI=1S/C15H22N6O3.ClH/c1-18-13-11(14(23)19(2)15(18)24)21(9-17-13)7-6-20-5-3-4-10(8-20)12(16)22;/h9-10H,3-8H2,1-2H3,(H2,16,22);1H/p-1. The van der Waals surface area contributed by atoms with Gasteiger partial charge in [-0.3, -0.25) is 18.7 Å². The molecule has 1 aliphatic rings. The Hall–Kier alpha value is -2.13. The molecular formula is C15H22ClN6O3-. The molecule has 0 radical (unpaired) electrons. The molecule has 0 aliphatic carbocycles. The maximum atomic E-state index is 12.4. The van der Waals surface area contributed by atoms with Crippen molar-refractivity contribution in [1.82, 2.24) is 23.6 Å². The summed E-state index contributed by atoms with van der Waals surface area (Å²) in [5, 5.41) is 0. The number of aromatic nitrogens is 4. The zero-order chi connectivity index (χ0) is 17.4. The molecule has 9 nitrogen and oxygen atoms in total. The quantitative estimate of drug-likeness (QED) is 0.586. The van der Waals surface area contributed by atoms with E-state index < -0.39 is 5.69 Å². The Bertz CT molecular complexity index is 899. The number of likely N-dealkylation sites (tertiary alicyclic amines) is 1. The van der Waals surface area contributed by atoms with Gasteiger partial charge < -0.3 is 27.6 Å². The number of hydrogen-bond donors (Lipinski definition) is 1. The van der Waals surface area contributed by atoms with E-state index in [9.17, 15) is 14.4 Å². The van der Waals surface area contributed by atoms with Crippen molar-refractivity contribution in [2.24, 2.45) is 25.7 Å². The molecule has 3 heterocycles. The third-order valence-electron chi connectivity index (χ3n) is 4.78. The molecule has 0 spiro atoms. The molecule has 1 unspecified atom stereocenters. The number of aryl methyl sites for hydroxylation is 1. The highest BCUT2D eigenvalue weighted by Gasteiger charge is 2.24. The minimum absolute atomic E-state index is 0. The second-order valence-corrected chi connectivity index (χ2v) is 6.36. The first kappa shape index (κ1) is 19.2. The number of carbonyl (C=O) groups excluding carboxylic acids is 1. The monoisotopic (exact) mass is 369 g/mol. The van der Waals surface area contributed by atoms with E-state index in [0.29, 0.717) is 30.8 Å². The molecule has 25 heavy (non-hydrogen) atoms. The van der Waals surface area contributed by atoms with Crippen molar-refractivity contribution >= 4 is 17.1 Å². The molecule has 1 atom stereocenters. The Labute approximate surface area is 150 Å². The van der Waals surface area contributed by atoms with E-state index >= 15 is 0 Å². The van der Waals surface area contributed by atoms with E-state index in [-0.39, 0.29) is 29.8 Å². The van der Waals surface area contributed by atoms with Crippen molar-refractivity contribution in [3.63, 3.8) is 0 Å². The summed E-state index contributed by atoms with van der Waals surface area (Å²) in [5.41, 5.74) is 5.47. The summed E-state index contributed by atoms with van der Waals surface area (Å²) in [6, 6.07) is 0. The lowest BCUT2D eigenvalue weighted by Crippen LogP contribution is -3.00. The Morgan fingerprint density at radius 3 is 2.68 bits per heavy atom. The van der Waals surface area contributed by atoms with E-state index in [1.54, 1.807) is 17.9 Å². The Balaban J connectivity index is 0.00000225. The summed E-state index contributed by atoms with van der Waals surface area (Å²) < 4.78 is 4.23. The Morgan fingerprint density at radius 1 is 1.28 bits per heavy atom. The van der Waals surface area contributed by atoms with Crippen LogP contribution in [0.3, 0.4) is 0 Å². The first-order valence-corrected chi connectivity index (χ1v) is 8.02. The molecule has 0 bridgehead atoms. The van der Waals surface area contributed by atoms with Gasteiger partial charge in [0.05, 0.1) is 12.2 Å². The van der Waals surface area contributed by atoms with Gasteiger partial charge in [-0.15, -0.1) is 0 Å². The molecular weight excluding hydrogens is 348 g/mol. The molecule has 10 heteroatoms. The second kappa shape index (κ2) is 7.40. The molecule has 3 rings (SSSR count). The van der Waals surface area contributed by atoms with Gasteiger partial charge in [0.25, 0.3) is 5.56 Å². The number of nitrogens with zero attached hydrogens (tertiary/aromatic N) is 5. The third kappa shape index (κ3) is 3.47. The van der Waals surface area contributed by atoms with Crippen LogP contribution in [0, 0.1) is 5.92 Å². The van der Waals surface area contributed by atoms with Crippen LogP contribution in [0.15, 0.2) is 15.9 Å². The predicted molar refractivity (Wildman–Crippen MR) is 88.6 cm³/mol. The lowest BCUT2D eigenvalue weighted by atomic mass is 9.97. The van der Waals surface area contributed by atoms with E-state index in [2.05, 4.69) is 9.88 Å². The highest BCUT2D eigenvalue weighted by atomic mass is 35.5. The van der Waals surface area contributed by atoms with Gasteiger partial charge in [-0.1, -0.05) is 0 Å². The topological polar surface area (TPSA) is 108 Å². The van der Waals surface area contributed by atoms with Crippen molar-refractivity contribution in [2.75, 3.05) is 19.6 Å². The highest BCUT2D eigenvalue weighted by Crippen LogP contribution is 2.16. The van der Waals surface area contributed by atoms with Crippen LogP contribution in [-0.4, -0.2) is 49.1 Å². The molecule has 2 N–H and O–H groups in total. The molecule has 1 amide bonds. The zero-order valence-electron chi connectivity index (χ0n) is 14.3. The summed E-state index contributed by atoms with van der Waals surface area (Å²) in [6.45, 7) is 2.82. The number of imidazole rings is 1. The van der Waals surface area contributed by atoms with Gasteiger partial charge in [0.2, 0.25) is 5.91 Å². The number of rotatable bonds is 4. The smallest absolute Gasteiger partial charge is 0.332 e. The Kier molecular flexibility index (Phi) is 5.69. The number of primary amides is 1. The second-order valence-electron chi connectivity index (χ2n) is 6.36. The fourth-order valence-electron chi connectivity index (χ4n) is 3.31. The van der Waals surface area contributed by atoms with Crippen LogP contribution in [0.4, 0.5) is 0 Å². The Morgan fingerprint density at radius 2 is 2.00 bits per heavy atom. The SMILES string of the molecule is Cn1c(=O)c2c(ncn2CCN2CCCC(C(N)=O)C2)n(C)c1=O.[Cl-]. The third-order valence-corrected chi connectivity index (χ3v) is 4.78. The van der Waals surface area contributed by atoms with Crippen LogP contribution < -0.4 is 29.4 Å². The fourth-order valence-corrected chi connectivity index (χ4v) is 3.31. The van der Waals surface area contributed by atoms with Gasteiger partial charge >= 0.3 is 5.69 Å². The highest BCUT2D eigenvalue weighted by molar-refractivity contribution is 5.77. The number of hydrogen-bond acceptors (Lipinski definition) is 5. The first-order chi connectivity index (χ1) is 11.4. The molecule has 0 aromatic carbocycles. The van der Waals surface area contributed by atoms with Gasteiger partial charge in [0.1, 0.15) is 0 Å². The normalized spacial score (nSPS) is 18.2. The minimum Gasteiger partial charge on any atom is -1.00 e. The fraction of sp³-hybridized carbons (Fsp3) is 0.600. The van der Waals surface area contributed by atoms with E-state index in [1.165, 1.54) is 11.6 Å². The van der Waals surface area contributed by atoms with Crippen LogP contribution >= 0.6 is 0 Å². The van der Waals surface area contributed by atoms with Crippen LogP contribution in [0.1, 0.15) is 12.8 Å². The van der Waals surface area contributed by atoms with Crippen molar-refractivity contribution in [3.8, 4) is 0 Å². The largest absolute Gasteiger partial charge is 1.00 e. The predicted octanol–water partition coefficient (Wildman–Crippen LogP) is -4.36. The van der Waals surface area contributed by atoms with E-state index in [0.717, 1.165) is 24.0 Å². The number of halogens is 1. The minimum atomic E-state index is -0.391. The molecule has 1 aliphatic heterocycles. The van der Waals surface area contributed by atoms with Gasteiger partial charge in [-0.25, -0.2) is 9.78 Å². The molecule has 1 saturated heterocycles. The van der Waals surface area contributed by atoms with Crippen LogP contribution in [0.2, 0.25) is 0 Å². The van der Waals surface area contributed by atoms with Crippen molar-refractivity contribution in [1.29, 1.82) is 0 Å². The molecule has 138 valence electrons. The van der Waals surface area contributed by atoms with Crippen LogP contribution in [-0.2, 0) is 25.4 Å². The number of carbonyl (C=O) groups is 1. The number of fused-ring (bicyclic) bond motifs is 1. The van der Waals surface area contributed by atoms with Gasteiger partial charge in [0, 0.05) is 33.7 Å². The van der Waals surface area contributed by atoms with Crippen molar-refractivity contribution in [2.45, 2.75) is 19.4 Å². The summed E-state index contributed by atoms with van der Waals surface area (Å²) >= 11 is 0. The lowest BCUT2D eigenvalue weighted by molar-refractivity contribution is -0.123. The number of nitrogens with two attached hydrogens (primary N) is 1. The number of piperidine rings is 1. The van der Waals surface area contributed by atoms with Gasteiger partial charge in [0.15, 0.2) is 11.2 Å². The molecule has 0 saturated carbocycles. The maximum absolute atomic E-state index is 12.4. The summed E-state index contributed by atoms with van der Waals surface area (Å²) in [7, 11) is 3.06. The van der Waals surface area contributed by atoms with Crippen molar-refractivity contribution in [3.05, 3.63) is 27.2 Å². The van der Waals surface area contributed by atoms with E-state index in [4.69, 9.17) is 5.73 Å². The molecule has 1 fully saturated rings. The summed E-state index contributed by atoms with van der Waals surface area (Å²) in [4.78, 5) is 42.1. The molecule has 2 aromatic rings. The summed E-state index contributed by atoms with van der Waals surface area (Å²) in [5.74, 6) is -0.358. The maximum Gasteiger partial charge on any atom is 0.332 e. The average molecular weight is 370 g/mol. The lowest BCUT2D eigenvalue weighted by Gasteiger charge is -2.31. The van der Waals surface area contributed by atoms with Gasteiger partial charge in [-0.05, 0) is 19.4 Å². The summed E-state index contributed by atoms with van der Waals surface area (Å²) in [6.07, 6.45) is 3.36. The molecule has 2 aromatic heterocycles.